The van der Waals surface area contributed by atoms with Crippen LogP contribution in [0.5, 0.6) is 0 Å². The number of nitrogens with zero attached hydrogens (tertiary/aromatic N) is 1. The van der Waals surface area contributed by atoms with Crippen LogP contribution >= 0.6 is 12.4 Å². The molecule has 5 heteroatoms. The molecule has 0 spiro atoms. The molecule has 2 nitrogen and oxygen atoms in total. The summed E-state index contributed by atoms with van der Waals surface area (Å²) in [6.45, 7) is 5.24. The third-order valence-corrected chi connectivity index (χ3v) is 3.02. The molecule has 0 saturated carbocycles. The van der Waals surface area contributed by atoms with E-state index in [0.717, 1.165) is 25.7 Å². The fourth-order valence-corrected chi connectivity index (χ4v) is 2.00. The van der Waals surface area contributed by atoms with E-state index in [1.54, 1.807) is 0 Å². The Hall–Kier alpha value is -0.710. The van der Waals surface area contributed by atoms with Crippen LogP contribution in [0.4, 0.5) is 8.78 Å². The van der Waals surface area contributed by atoms with Gasteiger partial charge in [-0.2, -0.15) is 0 Å². The molecule has 0 unspecified atom stereocenters. The van der Waals surface area contributed by atoms with Crippen molar-refractivity contribution in [1.29, 1.82) is 0 Å². The van der Waals surface area contributed by atoms with Gasteiger partial charge in [0.2, 0.25) is 0 Å². The van der Waals surface area contributed by atoms with Gasteiger partial charge in [-0.3, -0.25) is 4.90 Å². The molecule has 2 rings (SSSR count). The molecule has 1 aromatic rings. The van der Waals surface area contributed by atoms with Crippen molar-refractivity contribution >= 4 is 12.4 Å². The zero-order valence-corrected chi connectivity index (χ0v) is 10.6. The van der Waals surface area contributed by atoms with Gasteiger partial charge in [0.05, 0.1) is 0 Å². The van der Waals surface area contributed by atoms with Crippen molar-refractivity contribution in [1.82, 2.24) is 10.2 Å². The van der Waals surface area contributed by atoms with Crippen LogP contribution in [0.1, 0.15) is 12.5 Å². The first-order valence-electron chi connectivity index (χ1n) is 5.55. The maximum atomic E-state index is 13.4. The molecule has 1 saturated heterocycles. The molecule has 17 heavy (non-hydrogen) atoms. The molecule has 0 amide bonds. The fraction of sp³-hybridized carbons (Fsp3) is 0.500. The van der Waals surface area contributed by atoms with Crippen LogP contribution in [-0.2, 0) is 6.54 Å². The lowest BCUT2D eigenvalue weighted by Gasteiger charge is -2.33. The third-order valence-electron chi connectivity index (χ3n) is 3.02. The van der Waals surface area contributed by atoms with Crippen molar-refractivity contribution in [3.8, 4) is 0 Å². The summed E-state index contributed by atoms with van der Waals surface area (Å²) in [5.41, 5.74) is 0.439. The zero-order chi connectivity index (χ0) is 11.5. The molecule has 0 radical (unpaired) electrons. The SMILES string of the molecule is C[C@@H]1CNCCN1Cc1cc(F)ccc1F.Cl. The molecule has 1 atom stereocenters. The van der Waals surface area contributed by atoms with E-state index in [1.807, 2.05) is 0 Å². The van der Waals surface area contributed by atoms with Gasteiger partial charge in [-0.05, 0) is 25.1 Å². The minimum atomic E-state index is -0.376. The van der Waals surface area contributed by atoms with Gasteiger partial charge >= 0.3 is 0 Å². The highest BCUT2D eigenvalue weighted by atomic mass is 35.5. The minimum absolute atomic E-state index is 0. The summed E-state index contributed by atoms with van der Waals surface area (Å²) in [5, 5.41) is 3.27. The molecule has 1 aromatic carbocycles. The van der Waals surface area contributed by atoms with E-state index in [4.69, 9.17) is 0 Å². The average Bonchev–Trinajstić information content (AvgIpc) is 2.27. The highest BCUT2D eigenvalue weighted by Crippen LogP contribution is 2.14. The molecule has 96 valence electrons. The van der Waals surface area contributed by atoms with E-state index < -0.39 is 0 Å². The number of halogens is 3. The Labute approximate surface area is 106 Å². The Morgan fingerprint density at radius 1 is 1.41 bits per heavy atom. The second-order valence-electron chi connectivity index (χ2n) is 4.26. The smallest absolute Gasteiger partial charge is 0.127 e. The molecular formula is C12H17ClF2N2. The zero-order valence-electron chi connectivity index (χ0n) is 9.75. The monoisotopic (exact) mass is 262 g/mol. The van der Waals surface area contributed by atoms with Crippen LogP contribution in [0.3, 0.4) is 0 Å². The summed E-state index contributed by atoms with van der Waals surface area (Å²) < 4.78 is 26.4. The lowest BCUT2D eigenvalue weighted by molar-refractivity contribution is 0.163. The largest absolute Gasteiger partial charge is 0.314 e. The maximum absolute atomic E-state index is 13.4. The van der Waals surface area contributed by atoms with Crippen LogP contribution < -0.4 is 5.32 Å². The number of benzene rings is 1. The van der Waals surface area contributed by atoms with Gasteiger partial charge in [0, 0.05) is 37.8 Å². The van der Waals surface area contributed by atoms with Crippen LogP contribution in [0.15, 0.2) is 18.2 Å². The molecule has 1 N–H and O–H groups in total. The highest BCUT2D eigenvalue weighted by Gasteiger charge is 2.19. The summed E-state index contributed by atoms with van der Waals surface area (Å²) >= 11 is 0. The summed E-state index contributed by atoms with van der Waals surface area (Å²) in [7, 11) is 0. The summed E-state index contributed by atoms with van der Waals surface area (Å²) in [5.74, 6) is -0.702. The normalized spacial score (nSPS) is 21.0. The van der Waals surface area contributed by atoms with Crippen molar-refractivity contribution in [2.45, 2.75) is 19.5 Å². The molecular weight excluding hydrogens is 246 g/mol. The second kappa shape index (κ2) is 6.28. The van der Waals surface area contributed by atoms with Gasteiger partial charge in [-0.25, -0.2) is 8.78 Å². The summed E-state index contributed by atoms with van der Waals surface area (Å²) in [6.07, 6.45) is 0. The first-order valence-corrected chi connectivity index (χ1v) is 5.55. The van der Waals surface area contributed by atoms with E-state index in [9.17, 15) is 8.78 Å². The third kappa shape index (κ3) is 3.63. The minimum Gasteiger partial charge on any atom is -0.314 e. The summed E-state index contributed by atoms with van der Waals surface area (Å²) in [4.78, 5) is 2.16. The Morgan fingerprint density at radius 2 is 2.18 bits per heavy atom. The van der Waals surface area contributed by atoms with E-state index in [2.05, 4.69) is 17.1 Å². The van der Waals surface area contributed by atoms with Crippen LogP contribution in [-0.4, -0.2) is 30.6 Å². The van der Waals surface area contributed by atoms with Gasteiger partial charge in [0.25, 0.3) is 0 Å². The Balaban J connectivity index is 0.00000144. The van der Waals surface area contributed by atoms with E-state index >= 15 is 0 Å². The van der Waals surface area contributed by atoms with Crippen LogP contribution in [0.2, 0.25) is 0 Å². The number of nitrogens with one attached hydrogen (secondary N) is 1. The number of rotatable bonds is 2. The van der Waals surface area contributed by atoms with Crippen LogP contribution in [0, 0.1) is 11.6 Å². The predicted octanol–water partition coefficient (Wildman–Crippen LogP) is 2.18. The topological polar surface area (TPSA) is 15.3 Å². The van der Waals surface area contributed by atoms with Crippen molar-refractivity contribution in [3.05, 3.63) is 35.4 Å². The van der Waals surface area contributed by atoms with Gasteiger partial charge in [0.1, 0.15) is 11.6 Å². The molecule has 1 fully saturated rings. The van der Waals surface area contributed by atoms with Crippen molar-refractivity contribution in [3.63, 3.8) is 0 Å². The molecule has 1 heterocycles. The number of hydrogen-bond donors (Lipinski definition) is 1. The Bertz CT molecular complexity index is 374. The van der Waals surface area contributed by atoms with Crippen molar-refractivity contribution in [2.75, 3.05) is 19.6 Å². The Morgan fingerprint density at radius 3 is 2.88 bits per heavy atom. The van der Waals surface area contributed by atoms with Gasteiger partial charge in [-0.1, -0.05) is 0 Å². The van der Waals surface area contributed by atoms with Crippen molar-refractivity contribution < 1.29 is 8.78 Å². The first-order chi connectivity index (χ1) is 7.66. The van der Waals surface area contributed by atoms with Crippen molar-refractivity contribution in [2.24, 2.45) is 0 Å². The maximum Gasteiger partial charge on any atom is 0.127 e. The van der Waals surface area contributed by atoms with Crippen LogP contribution in [0.25, 0.3) is 0 Å². The molecule has 0 bridgehead atoms. The van der Waals surface area contributed by atoms with E-state index in [0.29, 0.717) is 18.2 Å². The van der Waals surface area contributed by atoms with Gasteiger partial charge in [-0.15, -0.1) is 12.4 Å². The fourth-order valence-electron chi connectivity index (χ4n) is 2.00. The lowest BCUT2D eigenvalue weighted by Crippen LogP contribution is -2.49. The average molecular weight is 263 g/mol. The highest BCUT2D eigenvalue weighted by molar-refractivity contribution is 5.85. The Kier molecular flexibility index (Phi) is 5.31. The van der Waals surface area contributed by atoms with E-state index in [1.165, 1.54) is 12.1 Å². The molecule has 1 aliphatic rings. The first kappa shape index (κ1) is 14.4. The van der Waals surface area contributed by atoms with E-state index in [-0.39, 0.29) is 24.0 Å². The predicted molar refractivity (Wildman–Crippen MR) is 66.3 cm³/mol. The lowest BCUT2D eigenvalue weighted by atomic mass is 10.1. The molecule has 0 aliphatic carbocycles. The quantitative estimate of drug-likeness (QED) is 0.879. The summed E-state index contributed by atoms with van der Waals surface area (Å²) in [6, 6.07) is 3.98. The molecule has 0 aromatic heterocycles. The molecule has 1 aliphatic heterocycles. The number of hydrogen-bond acceptors (Lipinski definition) is 2. The van der Waals surface area contributed by atoms with Gasteiger partial charge in [0.15, 0.2) is 0 Å². The standard InChI is InChI=1S/C12H16F2N2.ClH/c1-9-7-15-4-5-16(9)8-10-6-11(13)2-3-12(10)14;/h2-3,6,9,15H,4-5,7-8H2,1H3;1H/t9-;/m1./s1. The second-order valence-corrected chi connectivity index (χ2v) is 4.26. The van der Waals surface area contributed by atoms with Gasteiger partial charge < -0.3 is 5.32 Å². The number of piperazine rings is 1.